The summed E-state index contributed by atoms with van der Waals surface area (Å²) >= 11 is 0. The molecule has 312 valence electrons. The van der Waals surface area contributed by atoms with E-state index in [4.69, 9.17) is 0 Å². The summed E-state index contributed by atoms with van der Waals surface area (Å²) in [7, 11) is 0. The Morgan fingerprint density at radius 3 is 1.46 bits per heavy atom. The number of alkyl halides is 3. The van der Waals surface area contributed by atoms with E-state index in [1.165, 1.54) is 0 Å². The quantitative estimate of drug-likeness (QED) is 0.0621. The van der Waals surface area contributed by atoms with Crippen LogP contribution in [-0.2, 0) is 0 Å². The van der Waals surface area contributed by atoms with Crippen LogP contribution in [0, 0.1) is 6.92 Å². The normalized spacial score (nSPS) is 27.4. The highest BCUT2D eigenvalue weighted by Gasteiger charge is 2.38. The summed E-state index contributed by atoms with van der Waals surface area (Å²) in [6.07, 6.45) is 1.45. The standard InChI is InChI=1S/C46H45F4N11/c1-21-3-4-37(51-21)44-24(48)18-42(59-44)35-11-12-36(56-35)43-20-26(50)46(61-43)38-15-13-31(57-38)29-6-5-27(53-29)28-8-10-34(55-28)41-19-25(49)45(60-41)39-16-14-32(58-39)30-7-9-33(54-30)40-17-23(47)22(2)52-40/h3-18,20,22,24-26,40-41,44-46,51-61H,19H2,1-2H3/t22?,24-,25-,26-,40?,41?,44?,45?,46?/m1/s1. The number of aryl methyl sites for hydroxylation is 1. The molecule has 1 saturated heterocycles. The molecule has 6 unspecified atom stereocenters. The maximum Gasteiger partial charge on any atom is 0.146 e. The molecule has 0 bridgehead atoms. The first kappa shape index (κ1) is 37.4. The monoisotopic (exact) mass is 827 g/mol. The lowest BCUT2D eigenvalue weighted by atomic mass is 10.1. The zero-order valence-electron chi connectivity index (χ0n) is 33.2. The zero-order valence-corrected chi connectivity index (χ0v) is 33.2. The van der Waals surface area contributed by atoms with E-state index in [0.717, 1.165) is 68.3 Å². The van der Waals surface area contributed by atoms with Crippen molar-refractivity contribution in [3.63, 3.8) is 0 Å². The van der Waals surface area contributed by atoms with Crippen LogP contribution in [0.5, 0.6) is 0 Å². The van der Waals surface area contributed by atoms with Crippen molar-refractivity contribution in [2.75, 3.05) is 0 Å². The molecule has 0 amide bonds. The number of halogens is 4. The van der Waals surface area contributed by atoms with Crippen molar-refractivity contribution < 1.29 is 17.6 Å². The van der Waals surface area contributed by atoms with E-state index in [-0.39, 0.29) is 24.0 Å². The van der Waals surface area contributed by atoms with Crippen molar-refractivity contribution in [3.05, 3.63) is 155 Å². The average molecular weight is 828 g/mol. The van der Waals surface area contributed by atoms with Crippen molar-refractivity contribution >= 4 is 11.4 Å². The van der Waals surface area contributed by atoms with Crippen LogP contribution in [0.15, 0.2) is 109 Å². The van der Waals surface area contributed by atoms with Crippen molar-refractivity contribution in [1.82, 2.24) is 56.2 Å². The Morgan fingerprint density at radius 2 is 0.902 bits per heavy atom. The first-order valence-corrected chi connectivity index (χ1v) is 20.7. The van der Waals surface area contributed by atoms with Gasteiger partial charge in [0.1, 0.15) is 36.4 Å². The van der Waals surface area contributed by atoms with Crippen LogP contribution in [0.3, 0.4) is 0 Å². The van der Waals surface area contributed by atoms with E-state index in [1.54, 1.807) is 25.2 Å². The highest BCUT2D eigenvalue weighted by Crippen LogP contribution is 2.39. The molecule has 0 aromatic carbocycles. The van der Waals surface area contributed by atoms with E-state index >= 15 is 8.78 Å². The Hall–Kier alpha value is -6.58. The molecule has 11 N–H and O–H groups in total. The SMILES string of the molecule is Cc1ccc(C2NC(c3ccc(C4=C[C@@H](F)C(c5ccc(-c6ccc(-c7ccc(C8C[C@@H](F)C(c9ccc(-c%10ccc(C%11C=C(F)C(C)N%11)[nH]%10)[nH]9)N8)[nH]7)[nH]6)[nH]5)N4)[nH]3)=C[C@H]2F)[nH]1. The van der Waals surface area contributed by atoms with Crippen LogP contribution in [-0.4, -0.2) is 59.4 Å². The van der Waals surface area contributed by atoms with E-state index < -0.39 is 36.6 Å². The van der Waals surface area contributed by atoms with Crippen LogP contribution >= 0.6 is 0 Å². The third kappa shape index (κ3) is 6.77. The fraction of sp³-hybridized carbons (Fsp3) is 0.261. The summed E-state index contributed by atoms with van der Waals surface area (Å²) < 4.78 is 60.1. The molecular formula is C46H45F4N11. The zero-order chi connectivity index (χ0) is 41.5. The van der Waals surface area contributed by atoms with Gasteiger partial charge in [-0.15, -0.1) is 0 Å². The molecule has 11 heterocycles. The predicted octanol–water partition coefficient (Wildman–Crippen LogP) is 9.34. The number of aromatic amines is 7. The highest BCUT2D eigenvalue weighted by molar-refractivity contribution is 5.72. The molecule has 4 aliphatic heterocycles. The van der Waals surface area contributed by atoms with Crippen molar-refractivity contribution in [1.29, 1.82) is 0 Å². The molecule has 1 fully saturated rings. The minimum Gasteiger partial charge on any atom is -0.372 e. The molecule has 15 heteroatoms. The maximum atomic E-state index is 15.6. The average Bonchev–Trinajstić information content (AvgIpc) is 4.08. The first-order valence-electron chi connectivity index (χ1n) is 20.7. The van der Waals surface area contributed by atoms with Gasteiger partial charge >= 0.3 is 0 Å². The summed E-state index contributed by atoms with van der Waals surface area (Å²) in [5, 5.41) is 13.3. The number of rotatable bonds is 10. The highest BCUT2D eigenvalue weighted by atomic mass is 19.1. The van der Waals surface area contributed by atoms with Gasteiger partial charge in [0.25, 0.3) is 0 Å². The van der Waals surface area contributed by atoms with Crippen LogP contribution in [0.4, 0.5) is 17.6 Å². The molecule has 9 atom stereocenters. The molecule has 7 aromatic rings. The van der Waals surface area contributed by atoms with E-state index in [9.17, 15) is 8.78 Å². The minimum absolute atomic E-state index is 0.168. The van der Waals surface area contributed by atoms with E-state index in [1.807, 2.05) is 91.9 Å². The van der Waals surface area contributed by atoms with Crippen LogP contribution in [0.2, 0.25) is 0 Å². The lowest BCUT2D eigenvalue weighted by Crippen LogP contribution is -2.23. The summed E-state index contributed by atoms with van der Waals surface area (Å²) in [5.41, 5.74) is 12.7. The second-order valence-electron chi connectivity index (χ2n) is 16.6. The van der Waals surface area contributed by atoms with Crippen LogP contribution in [0.1, 0.15) is 89.1 Å². The largest absolute Gasteiger partial charge is 0.372 e. The van der Waals surface area contributed by atoms with E-state index in [0.29, 0.717) is 29.2 Å². The number of aromatic nitrogens is 7. The molecule has 0 radical (unpaired) electrons. The summed E-state index contributed by atoms with van der Waals surface area (Å²) in [6, 6.07) is 24.6. The van der Waals surface area contributed by atoms with Crippen molar-refractivity contribution in [3.8, 4) is 34.2 Å². The summed E-state index contributed by atoms with van der Waals surface area (Å²) in [5.74, 6) is -0.168. The topological polar surface area (TPSA) is 159 Å². The Labute approximate surface area is 348 Å². The number of nitrogens with one attached hydrogen (secondary N) is 11. The van der Waals surface area contributed by atoms with Gasteiger partial charge in [0, 0.05) is 40.6 Å². The second kappa shape index (κ2) is 14.6. The smallest absolute Gasteiger partial charge is 0.146 e. The maximum absolute atomic E-state index is 15.6. The van der Waals surface area contributed by atoms with Crippen LogP contribution < -0.4 is 21.3 Å². The minimum atomic E-state index is -1.28. The molecule has 0 aliphatic carbocycles. The van der Waals surface area contributed by atoms with Gasteiger partial charge in [-0.1, -0.05) is 0 Å². The number of hydrogen-bond donors (Lipinski definition) is 11. The van der Waals surface area contributed by atoms with Crippen LogP contribution in [0.25, 0.3) is 45.6 Å². The van der Waals surface area contributed by atoms with Gasteiger partial charge in [-0.3, -0.25) is 10.6 Å². The van der Waals surface area contributed by atoms with E-state index in [2.05, 4.69) is 56.2 Å². The van der Waals surface area contributed by atoms with Gasteiger partial charge in [0.15, 0.2) is 0 Å². The van der Waals surface area contributed by atoms with Gasteiger partial charge in [-0.05, 0) is 117 Å². The predicted molar refractivity (Wildman–Crippen MR) is 227 cm³/mol. The van der Waals surface area contributed by atoms with Crippen molar-refractivity contribution in [2.24, 2.45) is 0 Å². The molecule has 4 aliphatic rings. The molecule has 11 nitrogen and oxygen atoms in total. The Bertz CT molecular complexity index is 2820. The molecule has 7 aromatic heterocycles. The second-order valence-corrected chi connectivity index (χ2v) is 16.6. The molecule has 61 heavy (non-hydrogen) atoms. The Kier molecular flexibility index (Phi) is 8.93. The fourth-order valence-electron chi connectivity index (χ4n) is 9.22. The van der Waals surface area contributed by atoms with Gasteiger partial charge in [0.05, 0.1) is 81.1 Å². The Morgan fingerprint density at radius 1 is 0.459 bits per heavy atom. The number of hydrogen-bond acceptors (Lipinski definition) is 4. The molecule has 0 saturated carbocycles. The molecular weight excluding hydrogens is 783 g/mol. The third-order valence-corrected chi connectivity index (χ3v) is 12.5. The summed E-state index contributed by atoms with van der Waals surface area (Å²) in [6.45, 7) is 3.73. The fourth-order valence-corrected chi connectivity index (χ4v) is 9.22. The third-order valence-electron chi connectivity index (χ3n) is 12.5. The Balaban J connectivity index is 0.718. The summed E-state index contributed by atoms with van der Waals surface area (Å²) in [4.78, 5) is 23.6. The molecule has 0 spiro atoms. The number of H-pyrrole nitrogens is 7. The molecule has 11 rings (SSSR count). The van der Waals surface area contributed by atoms with Gasteiger partial charge in [-0.25, -0.2) is 17.6 Å². The van der Waals surface area contributed by atoms with Gasteiger partial charge in [0.2, 0.25) is 0 Å². The van der Waals surface area contributed by atoms with Crippen molar-refractivity contribution in [2.45, 2.75) is 75.0 Å². The first-order chi connectivity index (χ1) is 29.6. The lowest BCUT2D eigenvalue weighted by Gasteiger charge is -2.14. The van der Waals surface area contributed by atoms with Gasteiger partial charge in [-0.2, -0.15) is 0 Å². The lowest BCUT2D eigenvalue weighted by molar-refractivity contribution is 0.301. The van der Waals surface area contributed by atoms with Gasteiger partial charge < -0.3 is 45.5 Å².